The van der Waals surface area contributed by atoms with Crippen molar-refractivity contribution in [2.45, 2.75) is 13.0 Å². The third kappa shape index (κ3) is 5.15. The van der Waals surface area contributed by atoms with Crippen LogP contribution in [0.2, 0.25) is 0 Å². The van der Waals surface area contributed by atoms with Crippen LogP contribution in [0, 0.1) is 0 Å². The van der Waals surface area contributed by atoms with Gasteiger partial charge in [0.25, 0.3) is 0 Å². The molecule has 0 aliphatic rings. The van der Waals surface area contributed by atoms with Gasteiger partial charge in [-0.2, -0.15) is 0 Å². The number of hydrogen-bond donors (Lipinski definition) is 3. The van der Waals surface area contributed by atoms with E-state index in [1.807, 2.05) is 0 Å². The maximum atomic E-state index is 11.0. The minimum atomic E-state index is -0.557. The molecule has 13 heavy (non-hydrogen) atoms. The molecule has 0 bridgehead atoms. The molecule has 0 heterocycles. The summed E-state index contributed by atoms with van der Waals surface area (Å²) in [6.45, 7) is 1.44. The number of likely N-dealkylation sites (N-methyl/N-ethyl adjacent to an activating group) is 1. The summed E-state index contributed by atoms with van der Waals surface area (Å²) in [7, 11) is 1.50. The molecule has 4 N–H and O–H groups in total. The number of hydrogen-bond acceptors (Lipinski definition) is 4. The second-order valence-electron chi connectivity index (χ2n) is 2.42. The average molecular weight is 189 g/mol. The summed E-state index contributed by atoms with van der Waals surface area (Å²) in [6.07, 6.45) is 0. The van der Waals surface area contributed by atoms with Crippen molar-refractivity contribution in [1.29, 1.82) is 0 Å². The highest BCUT2D eigenvalue weighted by Gasteiger charge is 2.13. The van der Waals surface area contributed by atoms with Crippen LogP contribution < -0.4 is 16.4 Å². The van der Waals surface area contributed by atoms with Crippen LogP contribution in [0.4, 0.5) is 0 Å². The predicted octanol–water partition coefficient (Wildman–Crippen LogP) is -1.83. The molecule has 0 fully saturated rings. The molecule has 0 radical (unpaired) electrons. The van der Waals surface area contributed by atoms with Crippen molar-refractivity contribution >= 4 is 11.8 Å². The number of ether oxygens (including phenoxy) is 1. The first-order valence-electron chi connectivity index (χ1n) is 3.90. The first-order valence-corrected chi connectivity index (χ1v) is 3.90. The smallest absolute Gasteiger partial charge is 0.246 e. The Morgan fingerprint density at radius 2 is 2.15 bits per heavy atom. The highest BCUT2D eigenvalue weighted by molar-refractivity contribution is 5.87. The molecule has 0 aromatic heterocycles. The van der Waals surface area contributed by atoms with Crippen LogP contribution in [0.5, 0.6) is 0 Å². The quantitative estimate of drug-likeness (QED) is 0.443. The Balaban J connectivity index is 3.71. The molecule has 0 saturated heterocycles. The van der Waals surface area contributed by atoms with Crippen LogP contribution in [0.3, 0.4) is 0 Å². The third-order valence-electron chi connectivity index (χ3n) is 1.37. The summed E-state index contributed by atoms with van der Waals surface area (Å²) in [5.41, 5.74) is 5.01. The summed E-state index contributed by atoms with van der Waals surface area (Å²) in [4.78, 5) is 21.9. The lowest BCUT2D eigenvalue weighted by Gasteiger charge is -2.11. The lowest BCUT2D eigenvalue weighted by Crippen LogP contribution is -2.45. The molecule has 0 aliphatic carbocycles. The molecular weight excluding hydrogens is 174 g/mol. The van der Waals surface area contributed by atoms with Crippen molar-refractivity contribution in [2.24, 2.45) is 5.73 Å². The molecule has 1 unspecified atom stereocenters. The van der Waals surface area contributed by atoms with Gasteiger partial charge in [-0.1, -0.05) is 0 Å². The average Bonchev–Trinajstić information content (AvgIpc) is 2.13. The van der Waals surface area contributed by atoms with Gasteiger partial charge in [0.2, 0.25) is 11.8 Å². The zero-order valence-electron chi connectivity index (χ0n) is 7.79. The SMILES string of the molecule is CNC(=O)C(C)NC(=O)COCN. The lowest BCUT2D eigenvalue weighted by atomic mass is 10.3. The van der Waals surface area contributed by atoms with E-state index in [1.54, 1.807) is 6.92 Å². The van der Waals surface area contributed by atoms with E-state index in [4.69, 9.17) is 5.73 Å². The third-order valence-corrected chi connectivity index (χ3v) is 1.37. The Hall–Kier alpha value is -1.14. The molecular formula is C7H15N3O3. The molecule has 0 aliphatic heterocycles. The van der Waals surface area contributed by atoms with Gasteiger partial charge in [-0.05, 0) is 6.92 Å². The highest BCUT2D eigenvalue weighted by atomic mass is 16.5. The van der Waals surface area contributed by atoms with Gasteiger partial charge < -0.3 is 21.1 Å². The summed E-state index contributed by atoms with van der Waals surface area (Å²) in [5, 5.41) is 4.84. The standard InChI is InChI=1S/C7H15N3O3/c1-5(7(12)9-2)10-6(11)3-13-4-8/h5H,3-4,8H2,1-2H3,(H,9,12)(H,10,11). The molecule has 0 aromatic rings. The van der Waals surface area contributed by atoms with Crippen molar-refractivity contribution < 1.29 is 14.3 Å². The van der Waals surface area contributed by atoms with Gasteiger partial charge in [0.1, 0.15) is 12.6 Å². The molecule has 6 heteroatoms. The van der Waals surface area contributed by atoms with Crippen LogP contribution in [-0.2, 0) is 14.3 Å². The molecule has 0 rings (SSSR count). The van der Waals surface area contributed by atoms with Gasteiger partial charge >= 0.3 is 0 Å². The largest absolute Gasteiger partial charge is 0.357 e. The zero-order chi connectivity index (χ0) is 10.3. The predicted molar refractivity (Wildman–Crippen MR) is 46.7 cm³/mol. The van der Waals surface area contributed by atoms with Gasteiger partial charge in [0.15, 0.2) is 0 Å². The maximum Gasteiger partial charge on any atom is 0.246 e. The summed E-state index contributed by atoms with van der Waals surface area (Å²) in [5.74, 6) is -0.609. The second-order valence-corrected chi connectivity index (χ2v) is 2.42. The van der Waals surface area contributed by atoms with Crippen molar-refractivity contribution in [2.75, 3.05) is 20.4 Å². The van der Waals surface area contributed by atoms with Gasteiger partial charge in [-0.25, -0.2) is 0 Å². The lowest BCUT2D eigenvalue weighted by molar-refractivity contribution is -0.130. The van der Waals surface area contributed by atoms with Crippen LogP contribution in [0.15, 0.2) is 0 Å². The minimum absolute atomic E-state index is 0.0121. The number of amides is 2. The van der Waals surface area contributed by atoms with Crippen molar-refractivity contribution in [1.82, 2.24) is 10.6 Å². The summed E-state index contributed by atoms with van der Waals surface area (Å²) < 4.78 is 4.64. The monoisotopic (exact) mass is 189 g/mol. The Morgan fingerprint density at radius 3 is 2.62 bits per heavy atom. The number of carbonyl (C=O) groups excluding carboxylic acids is 2. The molecule has 6 nitrogen and oxygen atoms in total. The maximum absolute atomic E-state index is 11.0. The number of nitrogens with two attached hydrogens (primary N) is 1. The van der Waals surface area contributed by atoms with E-state index in [-0.39, 0.29) is 25.2 Å². The van der Waals surface area contributed by atoms with E-state index in [0.717, 1.165) is 0 Å². The van der Waals surface area contributed by atoms with Crippen LogP contribution in [0.1, 0.15) is 6.92 Å². The topological polar surface area (TPSA) is 93.5 Å². The first-order chi connectivity index (χ1) is 6.11. The number of carbonyl (C=O) groups is 2. The van der Waals surface area contributed by atoms with Crippen LogP contribution in [0.25, 0.3) is 0 Å². The Bertz CT molecular complexity index is 184. The first kappa shape index (κ1) is 11.9. The van der Waals surface area contributed by atoms with Crippen molar-refractivity contribution in [3.8, 4) is 0 Å². The van der Waals surface area contributed by atoms with E-state index in [2.05, 4.69) is 15.4 Å². The van der Waals surface area contributed by atoms with E-state index >= 15 is 0 Å². The summed E-state index contributed by atoms with van der Waals surface area (Å²) in [6, 6.07) is -0.557. The summed E-state index contributed by atoms with van der Waals surface area (Å²) >= 11 is 0. The van der Waals surface area contributed by atoms with Crippen molar-refractivity contribution in [3.63, 3.8) is 0 Å². The fraction of sp³-hybridized carbons (Fsp3) is 0.714. The molecule has 1 atom stereocenters. The van der Waals surface area contributed by atoms with E-state index in [0.29, 0.717) is 0 Å². The Morgan fingerprint density at radius 1 is 1.54 bits per heavy atom. The zero-order valence-corrected chi connectivity index (χ0v) is 7.79. The number of rotatable bonds is 5. The van der Waals surface area contributed by atoms with Crippen molar-refractivity contribution in [3.05, 3.63) is 0 Å². The minimum Gasteiger partial charge on any atom is -0.357 e. The Kier molecular flexibility index (Phi) is 5.82. The Labute approximate surface area is 76.8 Å². The fourth-order valence-corrected chi connectivity index (χ4v) is 0.717. The van der Waals surface area contributed by atoms with E-state index < -0.39 is 6.04 Å². The fourth-order valence-electron chi connectivity index (χ4n) is 0.717. The van der Waals surface area contributed by atoms with Crippen LogP contribution >= 0.6 is 0 Å². The molecule has 0 saturated carbocycles. The van der Waals surface area contributed by atoms with Gasteiger partial charge in [0.05, 0.1) is 6.73 Å². The number of nitrogens with one attached hydrogen (secondary N) is 2. The van der Waals surface area contributed by atoms with E-state index in [9.17, 15) is 9.59 Å². The van der Waals surface area contributed by atoms with Gasteiger partial charge in [-0.3, -0.25) is 9.59 Å². The second kappa shape index (κ2) is 6.38. The highest BCUT2D eigenvalue weighted by Crippen LogP contribution is 1.81. The van der Waals surface area contributed by atoms with E-state index in [1.165, 1.54) is 7.05 Å². The molecule has 2 amide bonds. The normalized spacial score (nSPS) is 11.9. The van der Waals surface area contributed by atoms with Gasteiger partial charge in [0, 0.05) is 7.05 Å². The van der Waals surface area contributed by atoms with Crippen LogP contribution in [-0.4, -0.2) is 38.2 Å². The molecule has 76 valence electrons. The van der Waals surface area contributed by atoms with Gasteiger partial charge in [-0.15, -0.1) is 0 Å². The molecule has 0 spiro atoms. The molecule has 0 aromatic carbocycles.